The molecule has 1 aromatic heterocycles. The number of aromatic amines is 1. The lowest BCUT2D eigenvalue weighted by Crippen LogP contribution is -2.32. The van der Waals surface area contributed by atoms with Gasteiger partial charge in [0.2, 0.25) is 11.8 Å². The normalized spacial score (nSPS) is 23.2. The average molecular weight is 423 g/mol. The molecule has 2 aliphatic rings. The van der Waals surface area contributed by atoms with Crippen LogP contribution in [-0.2, 0) is 9.59 Å². The zero-order chi connectivity index (χ0) is 20.3. The van der Waals surface area contributed by atoms with Crippen molar-refractivity contribution >= 4 is 40.6 Å². The number of amides is 2. The second-order valence-electron chi connectivity index (χ2n) is 7.45. The van der Waals surface area contributed by atoms with Gasteiger partial charge in [0.25, 0.3) is 0 Å². The van der Waals surface area contributed by atoms with E-state index in [1.165, 1.54) is 16.7 Å². The summed E-state index contributed by atoms with van der Waals surface area (Å²) in [6, 6.07) is 15.3. The Morgan fingerprint density at radius 1 is 0.931 bits per heavy atom. The Hall–Kier alpha value is -2.64. The Morgan fingerprint density at radius 3 is 2.38 bits per heavy atom. The van der Waals surface area contributed by atoms with Gasteiger partial charge in [-0.1, -0.05) is 65.1 Å². The first-order valence-corrected chi connectivity index (χ1v) is 11.0. The maximum absolute atomic E-state index is 13.6. The van der Waals surface area contributed by atoms with E-state index in [1.807, 2.05) is 62.4 Å². The fraction of sp³-hybridized carbons (Fsp3) is 0.227. The number of hydrogen-bond donors (Lipinski definition) is 1. The van der Waals surface area contributed by atoms with Crippen LogP contribution in [0.2, 0.25) is 0 Å². The van der Waals surface area contributed by atoms with Crippen LogP contribution in [0.3, 0.4) is 0 Å². The van der Waals surface area contributed by atoms with Gasteiger partial charge < -0.3 is 4.98 Å². The van der Waals surface area contributed by atoms with Crippen molar-refractivity contribution in [3.8, 4) is 0 Å². The molecule has 0 spiro atoms. The van der Waals surface area contributed by atoms with Gasteiger partial charge in [0, 0.05) is 10.8 Å². The fourth-order valence-corrected chi connectivity index (χ4v) is 6.74. The molecule has 0 radical (unpaired) electrons. The van der Waals surface area contributed by atoms with E-state index in [1.54, 1.807) is 0 Å². The molecule has 0 saturated carbocycles. The van der Waals surface area contributed by atoms with Crippen LogP contribution in [0.15, 0.2) is 58.4 Å². The van der Waals surface area contributed by atoms with E-state index in [-0.39, 0.29) is 22.6 Å². The second-order valence-corrected chi connectivity index (χ2v) is 9.62. The Morgan fingerprint density at radius 2 is 1.66 bits per heavy atom. The molecule has 1 saturated heterocycles. The van der Waals surface area contributed by atoms with Gasteiger partial charge in [-0.3, -0.25) is 14.4 Å². The molecule has 3 aromatic rings. The third kappa shape index (κ3) is 2.80. The summed E-state index contributed by atoms with van der Waals surface area (Å²) in [6.45, 7) is 3.97. The molecule has 146 valence electrons. The number of carbonyl (C=O) groups is 2. The molecule has 5 rings (SSSR count). The molecule has 0 unspecified atom stereocenters. The molecule has 3 heterocycles. The summed E-state index contributed by atoms with van der Waals surface area (Å²) in [6.07, 6.45) is 0. The maximum atomic E-state index is 13.6. The Bertz CT molecular complexity index is 1200. The van der Waals surface area contributed by atoms with Crippen molar-refractivity contribution in [2.45, 2.75) is 30.0 Å². The number of rotatable bonds is 2. The van der Waals surface area contributed by atoms with Gasteiger partial charge in [0.05, 0.1) is 16.6 Å². The van der Waals surface area contributed by atoms with E-state index in [9.17, 15) is 14.4 Å². The molecule has 2 amide bonds. The fourth-order valence-electron chi connectivity index (χ4n) is 4.24. The Balaban J connectivity index is 1.67. The van der Waals surface area contributed by atoms with Crippen LogP contribution in [0.5, 0.6) is 0 Å². The molecule has 2 aliphatic heterocycles. The summed E-state index contributed by atoms with van der Waals surface area (Å²) in [5.41, 5.74) is 3.70. The van der Waals surface area contributed by atoms with Crippen LogP contribution in [0.4, 0.5) is 5.69 Å². The number of aromatic nitrogens is 1. The van der Waals surface area contributed by atoms with Crippen LogP contribution >= 0.6 is 23.1 Å². The largest absolute Gasteiger partial charge is 0.307 e. The number of thioether (sulfide) groups is 1. The van der Waals surface area contributed by atoms with Crippen molar-refractivity contribution in [1.82, 2.24) is 4.98 Å². The Labute approximate surface area is 175 Å². The van der Waals surface area contributed by atoms with E-state index in [0.717, 1.165) is 32.9 Å². The molecular weight excluding hydrogens is 404 g/mol. The zero-order valence-corrected chi connectivity index (χ0v) is 17.5. The molecule has 7 heteroatoms. The third-order valence-electron chi connectivity index (χ3n) is 5.64. The van der Waals surface area contributed by atoms with Crippen LogP contribution in [-0.4, -0.2) is 22.0 Å². The summed E-state index contributed by atoms with van der Waals surface area (Å²) in [7, 11) is 0. The molecular formula is C22H18N2O3S2. The number of benzene rings is 2. The van der Waals surface area contributed by atoms with Gasteiger partial charge in [-0.2, -0.15) is 0 Å². The number of imide groups is 1. The van der Waals surface area contributed by atoms with Crippen LogP contribution < -0.4 is 9.77 Å². The highest BCUT2D eigenvalue weighted by Crippen LogP contribution is 2.53. The SMILES string of the molecule is Cc1ccc(N2C(=O)[C@H]3[C@H](c4ccccc4C)c4sc(=O)[nH]c4S[C@H]3C2=O)cc1. The predicted molar refractivity (Wildman–Crippen MR) is 115 cm³/mol. The summed E-state index contributed by atoms with van der Waals surface area (Å²) in [5.74, 6) is -1.26. The summed E-state index contributed by atoms with van der Waals surface area (Å²) < 4.78 is 0. The molecule has 3 atom stereocenters. The number of carbonyl (C=O) groups excluding carboxylic acids is 2. The van der Waals surface area contributed by atoms with Crippen LogP contribution in [0, 0.1) is 19.8 Å². The van der Waals surface area contributed by atoms with Gasteiger partial charge >= 0.3 is 4.87 Å². The average Bonchev–Trinajstić information content (AvgIpc) is 3.19. The zero-order valence-electron chi connectivity index (χ0n) is 15.8. The number of thiazole rings is 1. The monoisotopic (exact) mass is 422 g/mol. The first-order chi connectivity index (χ1) is 14.0. The van der Waals surface area contributed by atoms with Crippen molar-refractivity contribution in [3.05, 3.63) is 79.8 Å². The summed E-state index contributed by atoms with van der Waals surface area (Å²) in [4.78, 5) is 43.8. The smallest absolute Gasteiger partial charge is 0.305 e. The lowest BCUT2D eigenvalue weighted by Gasteiger charge is -2.30. The molecule has 29 heavy (non-hydrogen) atoms. The predicted octanol–water partition coefficient (Wildman–Crippen LogP) is 3.85. The third-order valence-corrected chi connectivity index (χ3v) is 8.04. The minimum Gasteiger partial charge on any atom is -0.307 e. The van der Waals surface area contributed by atoms with E-state index in [2.05, 4.69) is 4.98 Å². The molecule has 1 N–H and O–H groups in total. The lowest BCUT2D eigenvalue weighted by molar-refractivity contribution is -0.122. The van der Waals surface area contributed by atoms with Gasteiger partial charge in [-0.15, -0.1) is 0 Å². The number of H-pyrrole nitrogens is 1. The molecule has 0 bridgehead atoms. The van der Waals surface area contributed by atoms with E-state index < -0.39 is 11.2 Å². The number of aryl methyl sites for hydroxylation is 2. The standard InChI is InChI=1S/C22H18N2O3S2/c1-11-7-9-13(10-8-11)24-20(25)16-15(14-6-4-3-5-12(14)2)17-19(23-22(27)29-17)28-18(16)21(24)26/h3-10,15-16,18H,1-2H3,(H,23,27)/t15-,16-,18+/m0/s1. The van der Waals surface area contributed by atoms with E-state index in [0.29, 0.717) is 10.7 Å². The number of nitrogens with zero attached hydrogens (tertiary/aromatic N) is 1. The lowest BCUT2D eigenvalue weighted by atomic mass is 9.81. The Kier molecular flexibility index (Phi) is 4.26. The molecule has 1 fully saturated rings. The summed E-state index contributed by atoms with van der Waals surface area (Å²) >= 11 is 2.45. The topological polar surface area (TPSA) is 70.2 Å². The first kappa shape index (κ1) is 18.4. The highest BCUT2D eigenvalue weighted by molar-refractivity contribution is 8.00. The molecule has 2 aromatic carbocycles. The number of anilines is 1. The highest BCUT2D eigenvalue weighted by Gasteiger charge is 2.56. The van der Waals surface area contributed by atoms with Crippen molar-refractivity contribution in [2.24, 2.45) is 5.92 Å². The van der Waals surface area contributed by atoms with Gasteiger partial charge in [-0.25, -0.2) is 4.90 Å². The number of fused-ring (bicyclic) bond motifs is 2. The number of nitrogens with one attached hydrogen (secondary N) is 1. The molecule has 5 nitrogen and oxygen atoms in total. The van der Waals surface area contributed by atoms with Gasteiger partial charge in [0.1, 0.15) is 5.25 Å². The van der Waals surface area contributed by atoms with E-state index >= 15 is 0 Å². The van der Waals surface area contributed by atoms with Crippen LogP contribution in [0.1, 0.15) is 27.5 Å². The summed E-state index contributed by atoms with van der Waals surface area (Å²) in [5, 5.41) is 0.160. The second kappa shape index (κ2) is 6.71. The van der Waals surface area contributed by atoms with Crippen molar-refractivity contribution < 1.29 is 9.59 Å². The van der Waals surface area contributed by atoms with Crippen LogP contribution in [0.25, 0.3) is 0 Å². The van der Waals surface area contributed by atoms with Gasteiger partial charge in [-0.05, 0) is 37.1 Å². The van der Waals surface area contributed by atoms with E-state index in [4.69, 9.17) is 0 Å². The maximum Gasteiger partial charge on any atom is 0.305 e. The minimum absolute atomic E-state index is 0.156. The van der Waals surface area contributed by atoms with Crippen molar-refractivity contribution in [3.63, 3.8) is 0 Å². The quantitative estimate of drug-likeness (QED) is 0.637. The van der Waals surface area contributed by atoms with Crippen molar-refractivity contribution in [1.29, 1.82) is 0 Å². The minimum atomic E-state index is -0.550. The first-order valence-electron chi connectivity index (χ1n) is 9.35. The number of hydrogen-bond acceptors (Lipinski definition) is 5. The van der Waals surface area contributed by atoms with Gasteiger partial charge in [0.15, 0.2) is 0 Å². The molecule has 0 aliphatic carbocycles. The van der Waals surface area contributed by atoms with Crippen molar-refractivity contribution in [2.75, 3.05) is 4.90 Å². The highest BCUT2D eigenvalue weighted by atomic mass is 32.2.